The summed E-state index contributed by atoms with van der Waals surface area (Å²) in [6.45, 7) is 2.66. The summed E-state index contributed by atoms with van der Waals surface area (Å²) in [5, 5.41) is 13.8. The Balaban J connectivity index is 2.14. The van der Waals surface area contributed by atoms with Crippen LogP contribution in [0.1, 0.15) is 37.8 Å². The molecule has 1 amide bonds. The van der Waals surface area contributed by atoms with Crippen LogP contribution in [0.5, 0.6) is 5.75 Å². The van der Waals surface area contributed by atoms with Gasteiger partial charge in [0, 0.05) is 17.8 Å². The van der Waals surface area contributed by atoms with Crippen molar-refractivity contribution >= 4 is 5.91 Å². The fourth-order valence-corrected chi connectivity index (χ4v) is 2.31. The molecule has 1 heterocycles. The predicted octanol–water partition coefficient (Wildman–Crippen LogP) is 2.07. The third-order valence-electron chi connectivity index (χ3n) is 3.35. The molecule has 0 radical (unpaired) electrons. The van der Waals surface area contributed by atoms with Gasteiger partial charge in [0.1, 0.15) is 11.8 Å². The third-order valence-corrected chi connectivity index (χ3v) is 3.35. The summed E-state index contributed by atoms with van der Waals surface area (Å²) in [4.78, 5) is 22.2. The van der Waals surface area contributed by atoms with Crippen molar-refractivity contribution in [2.45, 2.75) is 38.3 Å². The Morgan fingerprint density at radius 1 is 1.40 bits per heavy atom. The van der Waals surface area contributed by atoms with E-state index in [0.29, 0.717) is 6.61 Å². The fraction of sp³-hybridized carbons (Fsp3) is 0.500. The van der Waals surface area contributed by atoms with Crippen LogP contribution in [0.4, 0.5) is 0 Å². The second kappa shape index (κ2) is 6.36. The summed E-state index contributed by atoms with van der Waals surface area (Å²) < 4.78 is 5.47. The molecule has 0 bridgehead atoms. The first-order valence-electron chi connectivity index (χ1n) is 6.77. The number of nitrogens with one attached hydrogen (secondary N) is 1. The summed E-state index contributed by atoms with van der Waals surface area (Å²) >= 11 is 0. The number of nitro groups is 1. The summed E-state index contributed by atoms with van der Waals surface area (Å²) in [7, 11) is 0. The molecule has 0 aliphatic carbocycles. The standard InChI is InChI=1S/C14H18N2O4/c1-2-9-20-11-5-3-10(4-6-11)14-12(16(18)19)7-8-13(17)15-14/h3-6,12,14H,2,7-9H2,1H3,(H,15,17)/t12-,14-/m1/s1. The zero-order valence-electron chi connectivity index (χ0n) is 11.4. The van der Waals surface area contributed by atoms with Gasteiger partial charge in [-0.25, -0.2) is 0 Å². The monoisotopic (exact) mass is 278 g/mol. The molecule has 1 aliphatic rings. The minimum atomic E-state index is -0.768. The van der Waals surface area contributed by atoms with Gasteiger partial charge in [0.15, 0.2) is 0 Å². The average Bonchev–Trinajstić information content (AvgIpc) is 2.45. The van der Waals surface area contributed by atoms with E-state index in [2.05, 4.69) is 5.32 Å². The number of piperidine rings is 1. The lowest BCUT2D eigenvalue weighted by molar-refractivity contribution is -0.529. The number of hydrogen-bond donors (Lipinski definition) is 1. The number of amides is 1. The molecular weight excluding hydrogens is 260 g/mol. The fourth-order valence-electron chi connectivity index (χ4n) is 2.31. The molecule has 1 aliphatic heterocycles. The van der Waals surface area contributed by atoms with E-state index in [0.717, 1.165) is 17.7 Å². The van der Waals surface area contributed by atoms with Crippen LogP contribution >= 0.6 is 0 Å². The molecule has 108 valence electrons. The number of hydrogen-bond acceptors (Lipinski definition) is 4. The van der Waals surface area contributed by atoms with Crippen molar-refractivity contribution in [2.75, 3.05) is 6.61 Å². The van der Waals surface area contributed by atoms with Gasteiger partial charge >= 0.3 is 0 Å². The largest absolute Gasteiger partial charge is 0.494 e. The van der Waals surface area contributed by atoms with Crippen LogP contribution in [0.2, 0.25) is 0 Å². The normalized spacial score (nSPS) is 22.1. The molecule has 1 aromatic rings. The first-order chi connectivity index (χ1) is 9.61. The van der Waals surface area contributed by atoms with Gasteiger partial charge in [-0.1, -0.05) is 19.1 Å². The lowest BCUT2D eigenvalue weighted by Gasteiger charge is -2.26. The molecule has 2 atom stereocenters. The minimum Gasteiger partial charge on any atom is -0.494 e. The van der Waals surface area contributed by atoms with Gasteiger partial charge in [-0.3, -0.25) is 14.9 Å². The molecule has 1 N–H and O–H groups in total. The predicted molar refractivity (Wildman–Crippen MR) is 73.1 cm³/mol. The highest BCUT2D eigenvalue weighted by atomic mass is 16.6. The maximum Gasteiger partial charge on any atom is 0.237 e. The number of rotatable bonds is 5. The van der Waals surface area contributed by atoms with Crippen LogP contribution in [0, 0.1) is 10.1 Å². The van der Waals surface area contributed by atoms with Crippen molar-refractivity contribution in [1.82, 2.24) is 5.32 Å². The second-order valence-electron chi connectivity index (χ2n) is 4.85. The van der Waals surface area contributed by atoms with Gasteiger partial charge in [-0.15, -0.1) is 0 Å². The molecule has 6 nitrogen and oxygen atoms in total. The van der Waals surface area contributed by atoms with Gasteiger partial charge in [0.25, 0.3) is 0 Å². The number of ether oxygens (including phenoxy) is 1. The highest BCUT2D eigenvalue weighted by Gasteiger charge is 2.37. The molecule has 2 rings (SSSR count). The summed E-state index contributed by atoms with van der Waals surface area (Å²) in [5.41, 5.74) is 0.739. The first-order valence-corrected chi connectivity index (χ1v) is 6.77. The van der Waals surface area contributed by atoms with Crippen molar-refractivity contribution in [3.05, 3.63) is 39.9 Å². The van der Waals surface area contributed by atoms with Crippen LogP contribution < -0.4 is 10.1 Å². The molecule has 1 fully saturated rings. The topological polar surface area (TPSA) is 81.5 Å². The van der Waals surface area contributed by atoms with E-state index in [1.165, 1.54) is 0 Å². The van der Waals surface area contributed by atoms with Gasteiger partial charge in [0.05, 0.1) is 6.61 Å². The SMILES string of the molecule is CCCOc1ccc([C@H]2NC(=O)CC[C@H]2[N+](=O)[O-])cc1. The van der Waals surface area contributed by atoms with Crippen molar-refractivity contribution in [3.63, 3.8) is 0 Å². The summed E-state index contributed by atoms with van der Waals surface area (Å²) in [5.74, 6) is 0.592. The van der Waals surface area contributed by atoms with E-state index in [1.807, 2.05) is 6.92 Å². The Kier molecular flexibility index (Phi) is 4.55. The van der Waals surface area contributed by atoms with E-state index in [9.17, 15) is 14.9 Å². The zero-order chi connectivity index (χ0) is 14.5. The smallest absolute Gasteiger partial charge is 0.237 e. The maximum absolute atomic E-state index is 11.5. The number of carbonyl (C=O) groups excluding carboxylic acids is 1. The molecule has 6 heteroatoms. The molecule has 1 saturated heterocycles. The summed E-state index contributed by atoms with van der Waals surface area (Å²) in [6.07, 6.45) is 1.40. The lowest BCUT2D eigenvalue weighted by Crippen LogP contribution is -2.45. The Bertz CT molecular complexity index is 486. The molecule has 1 aromatic carbocycles. The Morgan fingerprint density at radius 3 is 2.70 bits per heavy atom. The van der Waals surface area contributed by atoms with Crippen LogP contribution in [0.25, 0.3) is 0 Å². The zero-order valence-corrected chi connectivity index (χ0v) is 11.4. The average molecular weight is 278 g/mol. The van der Waals surface area contributed by atoms with Crippen molar-refractivity contribution in [1.29, 1.82) is 0 Å². The Hall–Kier alpha value is -2.11. The Labute approximate surface area is 117 Å². The summed E-state index contributed by atoms with van der Waals surface area (Å²) in [6, 6.07) is 5.78. The van der Waals surface area contributed by atoms with E-state index in [-0.39, 0.29) is 23.7 Å². The highest BCUT2D eigenvalue weighted by molar-refractivity contribution is 5.77. The number of nitrogens with zero attached hydrogens (tertiary/aromatic N) is 1. The van der Waals surface area contributed by atoms with Crippen LogP contribution in [0.3, 0.4) is 0 Å². The van der Waals surface area contributed by atoms with Crippen LogP contribution in [-0.4, -0.2) is 23.5 Å². The molecule has 20 heavy (non-hydrogen) atoms. The lowest BCUT2D eigenvalue weighted by atomic mass is 9.92. The van der Waals surface area contributed by atoms with Crippen LogP contribution in [0.15, 0.2) is 24.3 Å². The van der Waals surface area contributed by atoms with E-state index in [1.54, 1.807) is 24.3 Å². The van der Waals surface area contributed by atoms with E-state index < -0.39 is 12.1 Å². The number of benzene rings is 1. The quantitative estimate of drug-likeness (QED) is 0.660. The number of carbonyl (C=O) groups is 1. The highest BCUT2D eigenvalue weighted by Crippen LogP contribution is 2.27. The second-order valence-corrected chi connectivity index (χ2v) is 4.85. The molecule has 0 saturated carbocycles. The molecular formula is C14H18N2O4. The first kappa shape index (κ1) is 14.3. The van der Waals surface area contributed by atoms with Gasteiger partial charge in [-0.05, 0) is 24.1 Å². The van der Waals surface area contributed by atoms with E-state index >= 15 is 0 Å². The minimum absolute atomic E-state index is 0.139. The van der Waals surface area contributed by atoms with Gasteiger partial charge in [-0.2, -0.15) is 0 Å². The van der Waals surface area contributed by atoms with Crippen molar-refractivity contribution < 1.29 is 14.5 Å². The van der Waals surface area contributed by atoms with Crippen LogP contribution in [-0.2, 0) is 4.79 Å². The maximum atomic E-state index is 11.5. The van der Waals surface area contributed by atoms with Gasteiger partial charge < -0.3 is 10.1 Å². The molecule has 0 aromatic heterocycles. The van der Waals surface area contributed by atoms with Crippen molar-refractivity contribution in [2.24, 2.45) is 0 Å². The molecule has 0 unspecified atom stereocenters. The Morgan fingerprint density at radius 2 is 2.10 bits per heavy atom. The van der Waals surface area contributed by atoms with E-state index in [4.69, 9.17) is 4.74 Å². The van der Waals surface area contributed by atoms with Crippen molar-refractivity contribution in [3.8, 4) is 5.75 Å². The molecule has 0 spiro atoms. The third kappa shape index (κ3) is 3.26. The van der Waals surface area contributed by atoms with Gasteiger partial charge in [0.2, 0.25) is 11.9 Å².